The first-order valence-electron chi connectivity index (χ1n) is 12.0. The van der Waals surface area contributed by atoms with E-state index in [1.165, 1.54) is 0 Å². The zero-order chi connectivity index (χ0) is 25.7. The molecule has 10 nitrogen and oxygen atoms in total. The minimum atomic E-state index is -0.784. The van der Waals surface area contributed by atoms with Crippen molar-refractivity contribution in [2.45, 2.75) is 57.8 Å². The van der Waals surface area contributed by atoms with Crippen LogP contribution in [-0.4, -0.2) is 40.7 Å². The fourth-order valence-corrected chi connectivity index (χ4v) is 4.50. The normalized spacial score (nSPS) is 19.0. The van der Waals surface area contributed by atoms with E-state index in [9.17, 15) is 4.79 Å². The van der Waals surface area contributed by atoms with Gasteiger partial charge in [0.15, 0.2) is 0 Å². The number of esters is 1. The predicted octanol–water partition coefficient (Wildman–Crippen LogP) is 5.32. The van der Waals surface area contributed by atoms with Gasteiger partial charge in [-0.3, -0.25) is 0 Å². The summed E-state index contributed by atoms with van der Waals surface area (Å²) in [6.45, 7) is 11.1. The van der Waals surface area contributed by atoms with Crippen molar-refractivity contribution in [2.24, 2.45) is 5.11 Å². The molecule has 2 N–H and O–H groups in total. The molecule has 0 spiro atoms. The number of carbonyl (C=O) groups is 1. The third-order valence-electron chi connectivity index (χ3n) is 7.06. The number of fused-ring (bicyclic) bond motifs is 2. The third-order valence-corrected chi connectivity index (χ3v) is 7.06. The molecule has 3 aromatic rings. The van der Waals surface area contributed by atoms with Crippen LogP contribution in [0.1, 0.15) is 62.2 Å². The lowest BCUT2D eigenvalue weighted by Crippen LogP contribution is -2.50. The van der Waals surface area contributed by atoms with E-state index in [-0.39, 0.29) is 18.0 Å². The van der Waals surface area contributed by atoms with Gasteiger partial charge in [-0.25, -0.2) is 14.8 Å². The molecule has 2 aromatic heterocycles. The number of ether oxygens (including phenoxy) is 2. The highest BCUT2D eigenvalue weighted by Crippen LogP contribution is 2.39. The van der Waals surface area contributed by atoms with Gasteiger partial charge in [0.1, 0.15) is 29.1 Å². The van der Waals surface area contributed by atoms with Crippen molar-refractivity contribution in [3.8, 4) is 5.75 Å². The Kier molecular flexibility index (Phi) is 5.73. The second-order valence-corrected chi connectivity index (χ2v) is 10.3. The second kappa shape index (κ2) is 8.65. The van der Waals surface area contributed by atoms with Crippen LogP contribution in [0.15, 0.2) is 41.6 Å². The number of azide groups is 1. The number of pyridine rings is 2. The highest BCUT2D eigenvalue weighted by molar-refractivity contribution is 5.94. The Balaban J connectivity index is 1.55. The van der Waals surface area contributed by atoms with Crippen molar-refractivity contribution < 1.29 is 14.3 Å². The SMILES string of the molecule is C[C@@H]1c2nc(Nc3cc4c(C(C)(C)N=[N+]=[N-])ccc(OC5CNC5)c4cn3)ccc2C(=O)OC1(C)C. The monoisotopic (exact) mass is 487 g/mol. The van der Waals surface area contributed by atoms with E-state index in [0.717, 1.165) is 35.2 Å². The lowest BCUT2D eigenvalue weighted by Gasteiger charge is -2.36. The molecule has 0 radical (unpaired) electrons. The van der Waals surface area contributed by atoms with Crippen molar-refractivity contribution in [3.63, 3.8) is 0 Å². The Morgan fingerprint density at radius 2 is 2.00 bits per heavy atom. The molecule has 2 aliphatic heterocycles. The molecule has 36 heavy (non-hydrogen) atoms. The molecule has 1 atom stereocenters. The quantitative estimate of drug-likeness (QED) is 0.208. The highest BCUT2D eigenvalue weighted by Gasteiger charge is 2.40. The van der Waals surface area contributed by atoms with Crippen LogP contribution in [0.3, 0.4) is 0 Å². The molecule has 5 rings (SSSR count). The van der Waals surface area contributed by atoms with Crippen molar-refractivity contribution in [3.05, 3.63) is 63.8 Å². The summed E-state index contributed by atoms with van der Waals surface area (Å²) in [7, 11) is 0. The molecule has 4 heterocycles. The molecule has 186 valence electrons. The maximum atomic E-state index is 12.4. The van der Waals surface area contributed by atoms with E-state index < -0.39 is 11.1 Å². The maximum absolute atomic E-state index is 12.4. The molecule has 1 saturated heterocycles. The molecule has 1 aromatic carbocycles. The van der Waals surface area contributed by atoms with Crippen molar-refractivity contribution in [2.75, 3.05) is 18.4 Å². The largest absolute Gasteiger partial charge is 0.487 e. The first-order chi connectivity index (χ1) is 17.1. The maximum Gasteiger partial charge on any atom is 0.340 e. The summed E-state index contributed by atoms with van der Waals surface area (Å²) < 4.78 is 11.7. The second-order valence-electron chi connectivity index (χ2n) is 10.3. The Bertz CT molecular complexity index is 1410. The fourth-order valence-electron chi connectivity index (χ4n) is 4.50. The van der Waals surface area contributed by atoms with Gasteiger partial charge in [-0.2, -0.15) is 0 Å². The minimum Gasteiger partial charge on any atom is -0.487 e. The average Bonchev–Trinajstić information content (AvgIpc) is 2.79. The summed E-state index contributed by atoms with van der Waals surface area (Å²) in [5.41, 5.74) is 9.73. The number of nitrogens with zero attached hydrogens (tertiary/aromatic N) is 5. The predicted molar refractivity (Wildman–Crippen MR) is 137 cm³/mol. The van der Waals surface area contributed by atoms with E-state index in [0.29, 0.717) is 22.9 Å². The zero-order valence-corrected chi connectivity index (χ0v) is 21.0. The number of benzene rings is 1. The van der Waals surface area contributed by atoms with E-state index in [1.54, 1.807) is 18.3 Å². The standard InChI is InChI=1S/C26H29N7O3/c1-14-23-16(24(34)36-26(14,4)5)6-9-21(31-23)30-22-10-17-18(13-29-22)20(35-15-11-28-12-15)8-7-19(17)25(2,3)32-33-27/h6-10,13-15,28H,11-12H2,1-5H3,(H,29,30,31)/t14-/m1/s1. The van der Waals surface area contributed by atoms with Gasteiger partial charge < -0.3 is 20.1 Å². The average molecular weight is 488 g/mol. The van der Waals surface area contributed by atoms with Crippen LogP contribution in [0.5, 0.6) is 5.75 Å². The molecular weight excluding hydrogens is 458 g/mol. The molecule has 0 bridgehead atoms. The topological polar surface area (TPSA) is 134 Å². The number of aromatic nitrogens is 2. The fraction of sp³-hybridized carbons (Fsp3) is 0.423. The number of hydrogen-bond donors (Lipinski definition) is 2. The summed E-state index contributed by atoms with van der Waals surface area (Å²) in [6.07, 6.45) is 1.87. The molecular formula is C26H29N7O3. The van der Waals surface area contributed by atoms with Crippen LogP contribution in [0.4, 0.5) is 11.6 Å². The molecule has 2 aliphatic rings. The number of carbonyl (C=O) groups excluding carboxylic acids is 1. The number of hydrogen-bond acceptors (Lipinski definition) is 8. The van der Waals surface area contributed by atoms with Gasteiger partial charge >= 0.3 is 5.97 Å². The van der Waals surface area contributed by atoms with E-state index >= 15 is 0 Å². The first-order valence-corrected chi connectivity index (χ1v) is 12.0. The molecule has 0 aliphatic carbocycles. The summed E-state index contributed by atoms with van der Waals surface area (Å²) >= 11 is 0. The van der Waals surface area contributed by atoms with Crippen molar-refractivity contribution >= 4 is 28.4 Å². The van der Waals surface area contributed by atoms with E-state index in [2.05, 4.69) is 25.6 Å². The van der Waals surface area contributed by atoms with Gasteiger partial charge in [0.2, 0.25) is 0 Å². The Morgan fingerprint density at radius 1 is 1.22 bits per heavy atom. The Morgan fingerprint density at radius 3 is 2.69 bits per heavy atom. The smallest absolute Gasteiger partial charge is 0.340 e. The number of cyclic esters (lactones) is 1. The van der Waals surface area contributed by atoms with Crippen LogP contribution in [0.25, 0.3) is 21.2 Å². The molecule has 0 amide bonds. The van der Waals surface area contributed by atoms with Gasteiger partial charge in [0.25, 0.3) is 0 Å². The van der Waals surface area contributed by atoms with Crippen LogP contribution >= 0.6 is 0 Å². The molecule has 10 heteroatoms. The van der Waals surface area contributed by atoms with Crippen molar-refractivity contribution in [1.29, 1.82) is 0 Å². The van der Waals surface area contributed by atoms with Gasteiger partial charge in [0, 0.05) is 35.5 Å². The number of nitrogens with one attached hydrogen (secondary N) is 2. The Hall–Kier alpha value is -3.88. The molecule has 0 unspecified atom stereocenters. The van der Waals surface area contributed by atoms with E-state index in [1.807, 2.05) is 52.8 Å². The third kappa shape index (κ3) is 4.19. The van der Waals surface area contributed by atoms with E-state index in [4.69, 9.17) is 20.0 Å². The number of anilines is 2. The lowest BCUT2D eigenvalue weighted by atomic mass is 9.84. The van der Waals surface area contributed by atoms with Crippen LogP contribution in [0, 0.1) is 0 Å². The van der Waals surface area contributed by atoms with Crippen LogP contribution < -0.4 is 15.4 Å². The lowest BCUT2D eigenvalue weighted by molar-refractivity contribution is -0.0189. The van der Waals surface area contributed by atoms with Crippen molar-refractivity contribution in [1.82, 2.24) is 15.3 Å². The molecule has 1 fully saturated rings. The highest BCUT2D eigenvalue weighted by atomic mass is 16.6. The van der Waals surface area contributed by atoms with Gasteiger partial charge in [0.05, 0.1) is 16.8 Å². The first kappa shape index (κ1) is 23.8. The summed E-state index contributed by atoms with van der Waals surface area (Å²) in [4.78, 5) is 24.8. The summed E-state index contributed by atoms with van der Waals surface area (Å²) in [6, 6.07) is 9.23. The van der Waals surface area contributed by atoms with Gasteiger partial charge in [-0.1, -0.05) is 32.0 Å². The Labute approximate surface area is 209 Å². The van der Waals surface area contributed by atoms with Gasteiger partial charge in [-0.15, -0.1) is 0 Å². The van der Waals surface area contributed by atoms with Crippen LogP contribution in [0.2, 0.25) is 0 Å². The minimum absolute atomic E-state index is 0.0755. The molecule has 0 saturated carbocycles. The number of rotatable bonds is 6. The summed E-state index contributed by atoms with van der Waals surface area (Å²) in [5, 5.41) is 12.2. The zero-order valence-electron chi connectivity index (χ0n) is 21.0. The van der Waals surface area contributed by atoms with Gasteiger partial charge in [-0.05, 0) is 54.6 Å². The van der Waals surface area contributed by atoms with Crippen LogP contribution in [-0.2, 0) is 10.3 Å². The summed E-state index contributed by atoms with van der Waals surface area (Å²) in [5.74, 6) is 1.43.